The second kappa shape index (κ2) is 2.86. The van der Waals surface area contributed by atoms with E-state index >= 15 is 0 Å². The fraction of sp³-hybridized carbons (Fsp3) is 0.500. The van der Waals surface area contributed by atoms with E-state index in [1.54, 1.807) is 13.2 Å². The molecule has 0 saturated heterocycles. The molecule has 0 aliphatic heterocycles. The predicted molar refractivity (Wildman–Crippen MR) is 38.4 cm³/mol. The van der Waals surface area contributed by atoms with E-state index in [0.29, 0.717) is 6.42 Å². The van der Waals surface area contributed by atoms with E-state index in [9.17, 15) is 4.39 Å². The molecule has 0 fully saturated rings. The summed E-state index contributed by atoms with van der Waals surface area (Å²) >= 11 is 0. The standard InChI is InChI=1S/C8H11FO/c1-6-5-7(9)3-4-8(6)10-2/h3-4,7H,5H2,1-2H3. The zero-order chi connectivity index (χ0) is 7.56. The molecule has 1 aliphatic rings. The molecule has 1 aliphatic carbocycles. The minimum Gasteiger partial charge on any atom is -0.497 e. The topological polar surface area (TPSA) is 9.23 Å². The summed E-state index contributed by atoms with van der Waals surface area (Å²) in [5, 5.41) is 0. The molecule has 0 heterocycles. The number of alkyl halides is 1. The van der Waals surface area contributed by atoms with Crippen LogP contribution in [0.5, 0.6) is 0 Å². The van der Waals surface area contributed by atoms with Gasteiger partial charge >= 0.3 is 0 Å². The van der Waals surface area contributed by atoms with Gasteiger partial charge in [0.15, 0.2) is 0 Å². The van der Waals surface area contributed by atoms with Crippen LogP contribution in [0.3, 0.4) is 0 Å². The Hall–Kier alpha value is -0.790. The Labute approximate surface area is 60.2 Å². The maximum atomic E-state index is 12.6. The van der Waals surface area contributed by atoms with Gasteiger partial charge in [-0.25, -0.2) is 4.39 Å². The van der Waals surface area contributed by atoms with E-state index in [-0.39, 0.29) is 0 Å². The molecule has 0 saturated carbocycles. The normalized spacial score (nSPS) is 25.3. The molecule has 0 aromatic carbocycles. The first-order valence-corrected chi connectivity index (χ1v) is 3.30. The van der Waals surface area contributed by atoms with Crippen LogP contribution in [-0.2, 0) is 4.74 Å². The average Bonchev–Trinajstić information content (AvgIpc) is 1.88. The number of halogens is 1. The zero-order valence-electron chi connectivity index (χ0n) is 6.23. The summed E-state index contributed by atoms with van der Waals surface area (Å²) in [4.78, 5) is 0. The Kier molecular flexibility index (Phi) is 2.10. The Morgan fingerprint density at radius 2 is 2.40 bits per heavy atom. The molecule has 2 heteroatoms. The number of hydrogen-bond donors (Lipinski definition) is 0. The van der Waals surface area contributed by atoms with Crippen LogP contribution >= 0.6 is 0 Å². The van der Waals surface area contributed by atoms with E-state index in [1.165, 1.54) is 6.08 Å². The summed E-state index contributed by atoms with van der Waals surface area (Å²) in [6.07, 6.45) is 2.86. The minimum absolute atomic E-state index is 0.472. The Morgan fingerprint density at radius 3 is 2.90 bits per heavy atom. The molecule has 0 spiro atoms. The van der Waals surface area contributed by atoms with Gasteiger partial charge in [0, 0.05) is 6.42 Å². The lowest BCUT2D eigenvalue weighted by atomic mass is 10.0. The summed E-state index contributed by atoms with van der Waals surface area (Å²) in [7, 11) is 1.60. The molecule has 10 heavy (non-hydrogen) atoms. The number of ether oxygens (including phenoxy) is 1. The van der Waals surface area contributed by atoms with Gasteiger partial charge in [0.2, 0.25) is 0 Å². The Morgan fingerprint density at radius 1 is 1.70 bits per heavy atom. The third kappa shape index (κ3) is 1.38. The van der Waals surface area contributed by atoms with Gasteiger partial charge < -0.3 is 4.74 Å². The van der Waals surface area contributed by atoms with Crippen LogP contribution in [0.2, 0.25) is 0 Å². The molecule has 1 nitrogen and oxygen atoms in total. The summed E-state index contributed by atoms with van der Waals surface area (Å²) in [5.41, 5.74) is 0.984. The molecule has 1 atom stereocenters. The summed E-state index contributed by atoms with van der Waals surface area (Å²) < 4.78 is 17.5. The highest BCUT2D eigenvalue weighted by Crippen LogP contribution is 2.20. The van der Waals surface area contributed by atoms with Crippen molar-refractivity contribution in [3.63, 3.8) is 0 Å². The van der Waals surface area contributed by atoms with Crippen LogP contribution in [0.25, 0.3) is 0 Å². The highest BCUT2D eigenvalue weighted by molar-refractivity contribution is 5.25. The lowest BCUT2D eigenvalue weighted by Crippen LogP contribution is -2.04. The van der Waals surface area contributed by atoms with Gasteiger partial charge in [-0.15, -0.1) is 0 Å². The summed E-state index contributed by atoms with van der Waals surface area (Å²) in [6, 6.07) is 0. The second-order valence-electron chi connectivity index (χ2n) is 2.43. The van der Waals surface area contributed by atoms with Crippen LogP contribution < -0.4 is 0 Å². The monoisotopic (exact) mass is 142 g/mol. The Balaban J connectivity index is 2.73. The van der Waals surface area contributed by atoms with E-state index in [0.717, 1.165) is 11.3 Å². The van der Waals surface area contributed by atoms with Crippen LogP contribution in [0.15, 0.2) is 23.5 Å². The van der Waals surface area contributed by atoms with Gasteiger partial charge in [-0.05, 0) is 24.6 Å². The third-order valence-electron chi connectivity index (χ3n) is 1.60. The molecule has 1 rings (SSSR count). The van der Waals surface area contributed by atoms with Crippen LogP contribution in [-0.4, -0.2) is 13.3 Å². The third-order valence-corrected chi connectivity index (χ3v) is 1.60. The molecule has 0 amide bonds. The molecular formula is C8H11FO. The molecule has 0 aromatic heterocycles. The lowest BCUT2D eigenvalue weighted by Gasteiger charge is -2.13. The zero-order valence-corrected chi connectivity index (χ0v) is 6.23. The first-order valence-electron chi connectivity index (χ1n) is 3.30. The van der Waals surface area contributed by atoms with Crippen molar-refractivity contribution in [2.75, 3.05) is 7.11 Å². The van der Waals surface area contributed by atoms with E-state index < -0.39 is 6.17 Å². The van der Waals surface area contributed by atoms with Gasteiger partial charge in [-0.1, -0.05) is 0 Å². The molecule has 0 aromatic rings. The summed E-state index contributed by atoms with van der Waals surface area (Å²) in [5.74, 6) is 0.800. The van der Waals surface area contributed by atoms with Gasteiger partial charge in [0.1, 0.15) is 11.9 Å². The van der Waals surface area contributed by atoms with E-state index in [1.807, 2.05) is 6.92 Å². The van der Waals surface area contributed by atoms with Crippen LogP contribution in [0.1, 0.15) is 13.3 Å². The second-order valence-corrected chi connectivity index (χ2v) is 2.43. The van der Waals surface area contributed by atoms with Gasteiger partial charge in [-0.3, -0.25) is 0 Å². The minimum atomic E-state index is -0.820. The van der Waals surface area contributed by atoms with Crippen LogP contribution in [0.4, 0.5) is 4.39 Å². The fourth-order valence-corrected chi connectivity index (χ4v) is 1.04. The molecular weight excluding hydrogens is 131 g/mol. The maximum Gasteiger partial charge on any atom is 0.122 e. The Bertz CT molecular complexity index is 182. The average molecular weight is 142 g/mol. The van der Waals surface area contributed by atoms with E-state index in [2.05, 4.69) is 0 Å². The largest absolute Gasteiger partial charge is 0.497 e. The molecule has 0 N–H and O–H groups in total. The quantitative estimate of drug-likeness (QED) is 0.545. The SMILES string of the molecule is COC1=C(C)CC(F)C=C1. The van der Waals surface area contributed by atoms with Crippen molar-refractivity contribution in [3.8, 4) is 0 Å². The lowest BCUT2D eigenvalue weighted by molar-refractivity contribution is 0.289. The van der Waals surface area contributed by atoms with E-state index in [4.69, 9.17) is 4.74 Å². The molecule has 1 unspecified atom stereocenters. The van der Waals surface area contributed by atoms with Crippen molar-refractivity contribution in [1.29, 1.82) is 0 Å². The van der Waals surface area contributed by atoms with Crippen molar-refractivity contribution in [3.05, 3.63) is 23.5 Å². The maximum absolute atomic E-state index is 12.6. The van der Waals surface area contributed by atoms with Gasteiger partial charge in [-0.2, -0.15) is 0 Å². The number of rotatable bonds is 1. The summed E-state index contributed by atoms with van der Waals surface area (Å²) in [6.45, 7) is 1.88. The highest BCUT2D eigenvalue weighted by atomic mass is 19.1. The number of hydrogen-bond acceptors (Lipinski definition) is 1. The highest BCUT2D eigenvalue weighted by Gasteiger charge is 2.11. The first-order chi connectivity index (χ1) is 4.74. The van der Waals surface area contributed by atoms with Crippen molar-refractivity contribution in [2.45, 2.75) is 19.5 Å². The number of allylic oxidation sites excluding steroid dienone is 3. The van der Waals surface area contributed by atoms with Crippen LogP contribution in [0, 0.1) is 0 Å². The smallest absolute Gasteiger partial charge is 0.122 e. The molecule has 56 valence electrons. The molecule has 0 bridgehead atoms. The van der Waals surface area contributed by atoms with Gasteiger partial charge in [0.05, 0.1) is 7.11 Å². The molecule has 0 radical (unpaired) electrons. The van der Waals surface area contributed by atoms with Crippen molar-refractivity contribution in [2.24, 2.45) is 0 Å². The van der Waals surface area contributed by atoms with Crippen molar-refractivity contribution < 1.29 is 9.13 Å². The van der Waals surface area contributed by atoms with Gasteiger partial charge in [0.25, 0.3) is 0 Å². The predicted octanol–water partition coefficient (Wildman–Crippen LogP) is 2.20. The fourth-order valence-electron chi connectivity index (χ4n) is 1.04. The first kappa shape index (κ1) is 7.32. The number of methoxy groups -OCH3 is 1. The van der Waals surface area contributed by atoms with Crippen molar-refractivity contribution >= 4 is 0 Å². The van der Waals surface area contributed by atoms with Crippen molar-refractivity contribution in [1.82, 2.24) is 0 Å².